The first kappa shape index (κ1) is 60.2. The molecule has 0 N–H and O–H groups in total. The summed E-state index contributed by atoms with van der Waals surface area (Å²) in [6.45, 7) is 12.6. The van der Waals surface area contributed by atoms with Crippen molar-refractivity contribution >= 4 is 69.3 Å². The van der Waals surface area contributed by atoms with Crippen molar-refractivity contribution in [1.29, 1.82) is 5.26 Å². The number of aromatic nitrogens is 1. The molecule has 2 aliphatic rings. The van der Waals surface area contributed by atoms with Crippen molar-refractivity contribution in [3.8, 4) is 45.4 Å². The van der Waals surface area contributed by atoms with Crippen molar-refractivity contribution in [1.82, 2.24) is 4.98 Å². The summed E-state index contributed by atoms with van der Waals surface area (Å²) in [6, 6.07) is 24.7. The number of hydrogen-bond donors (Lipinski definition) is 0. The fraction of sp³-hybridized carbons (Fsp3) is 0.311. The van der Waals surface area contributed by atoms with Gasteiger partial charge >= 0.3 is 47.8 Å². The van der Waals surface area contributed by atoms with E-state index in [0.717, 1.165) is 40.1 Å². The van der Waals surface area contributed by atoms with Gasteiger partial charge < -0.3 is 47.4 Å². The Morgan fingerprint density at radius 3 is 1.57 bits per heavy atom. The van der Waals surface area contributed by atoms with Crippen molar-refractivity contribution in [3.05, 3.63) is 147 Å². The van der Waals surface area contributed by atoms with E-state index in [2.05, 4.69) is 32.4 Å². The van der Waals surface area contributed by atoms with Crippen molar-refractivity contribution < 1.29 is 85.7 Å². The number of fused-ring (bicyclic) bond motifs is 1. The lowest BCUT2D eigenvalue weighted by Crippen LogP contribution is -2.30. The third kappa shape index (κ3) is 17.3. The SMILES string of the molecule is C=CC(=O)OCC(COc1ccc(OC(=O)C2CCC(C(=O)Oc3ccc(CCOC(=O)C4CCC(C(=O)Oc5ccc(O[C@@H](COC(=O)C=C)OC(=O)C=C)cc5)CC4)c4sc(-c5ccc(C#N)cc5)nc34)CC2)cc1)OC(=O)C=C. The maximum atomic E-state index is 13.8. The van der Waals surface area contributed by atoms with Gasteiger partial charge in [0.1, 0.15) is 46.7 Å². The molecule has 2 aliphatic carbocycles. The number of benzene rings is 4. The second kappa shape index (κ2) is 29.7. The van der Waals surface area contributed by atoms with Gasteiger partial charge in [-0.25, -0.2) is 24.2 Å². The van der Waals surface area contributed by atoms with Gasteiger partial charge in [0.25, 0.3) is 6.29 Å². The molecule has 426 valence electrons. The van der Waals surface area contributed by atoms with Crippen LogP contribution in [0.25, 0.3) is 20.8 Å². The van der Waals surface area contributed by atoms with Crippen LogP contribution in [0.4, 0.5) is 0 Å². The highest BCUT2D eigenvalue weighted by Crippen LogP contribution is 2.39. The molecule has 0 saturated heterocycles. The largest absolute Gasteiger partial charge is 0.490 e. The number of nitriles is 1. The molecule has 0 radical (unpaired) electrons. The fourth-order valence-electron chi connectivity index (χ4n) is 8.80. The molecule has 1 unspecified atom stereocenters. The average Bonchev–Trinajstić information content (AvgIpc) is 4.01. The second-order valence-electron chi connectivity index (χ2n) is 18.8. The predicted octanol–water partition coefficient (Wildman–Crippen LogP) is 9.02. The third-order valence-electron chi connectivity index (χ3n) is 13.2. The highest BCUT2D eigenvalue weighted by Gasteiger charge is 2.34. The van der Waals surface area contributed by atoms with E-state index < -0.39 is 84.5 Å². The number of hydrogen-bond acceptors (Lipinski definition) is 21. The lowest BCUT2D eigenvalue weighted by atomic mass is 9.82. The zero-order valence-corrected chi connectivity index (χ0v) is 45.3. The number of carbonyl (C=O) groups is 8. The van der Waals surface area contributed by atoms with E-state index in [1.165, 1.54) is 35.6 Å². The van der Waals surface area contributed by atoms with Gasteiger partial charge in [-0.3, -0.25) is 19.2 Å². The van der Waals surface area contributed by atoms with Gasteiger partial charge in [-0.05, 0) is 124 Å². The van der Waals surface area contributed by atoms with Crippen LogP contribution in [-0.2, 0) is 68.5 Å². The van der Waals surface area contributed by atoms with Gasteiger partial charge in [-0.1, -0.05) is 44.5 Å². The van der Waals surface area contributed by atoms with Crippen LogP contribution in [0.5, 0.6) is 28.7 Å². The van der Waals surface area contributed by atoms with Gasteiger partial charge in [0, 0.05) is 36.3 Å². The number of esters is 8. The molecular formula is C61H58N2O18S. The van der Waals surface area contributed by atoms with E-state index in [1.54, 1.807) is 54.6 Å². The van der Waals surface area contributed by atoms with Crippen molar-refractivity contribution in [2.24, 2.45) is 23.7 Å². The van der Waals surface area contributed by atoms with Gasteiger partial charge in [-0.15, -0.1) is 11.3 Å². The minimum atomic E-state index is -1.28. The smallest absolute Gasteiger partial charge is 0.333 e. The molecule has 0 aliphatic heterocycles. The summed E-state index contributed by atoms with van der Waals surface area (Å²) in [6.07, 6.45) is 5.13. The van der Waals surface area contributed by atoms with Gasteiger partial charge in [0.2, 0.25) is 0 Å². The zero-order chi connectivity index (χ0) is 58.5. The Balaban J connectivity index is 0.888. The van der Waals surface area contributed by atoms with Crippen LogP contribution < -0.4 is 23.7 Å². The Morgan fingerprint density at radius 2 is 1.04 bits per heavy atom. The fourth-order valence-corrected chi connectivity index (χ4v) is 9.93. The maximum Gasteiger partial charge on any atom is 0.333 e. The molecule has 21 heteroatoms. The molecule has 1 heterocycles. The topological polar surface area (TPSA) is 266 Å². The molecule has 1 aromatic heterocycles. The maximum absolute atomic E-state index is 13.8. The first-order valence-electron chi connectivity index (χ1n) is 26.1. The highest BCUT2D eigenvalue weighted by atomic mass is 32.1. The van der Waals surface area contributed by atoms with E-state index in [9.17, 15) is 43.6 Å². The molecule has 2 fully saturated rings. The summed E-state index contributed by atoms with van der Waals surface area (Å²) in [4.78, 5) is 105. The van der Waals surface area contributed by atoms with E-state index >= 15 is 0 Å². The molecular weight excluding hydrogens is 1080 g/mol. The summed E-state index contributed by atoms with van der Waals surface area (Å²) in [5.74, 6) is -5.15. The highest BCUT2D eigenvalue weighted by molar-refractivity contribution is 7.21. The third-order valence-corrected chi connectivity index (χ3v) is 14.4. The molecule has 82 heavy (non-hydrogen) atoms. The first-order chi connectivity index (χ1) is 39.6. The van der Waals surface area contributed by atoms with Crippen LogP contribution in [0.2, 0.25) is 0 Å². The van der Waals surface area contributed by atoms with Crippen LogP contribution in [-0.4, -0.2) is 91.6 Å². The Hall–Kier alpha value is -9.42. The van der Waals surface area contributed by atoms with Crippen LogP contribution in [0, 0.1) is 35.0 Å². The molecule has 2 atom stereocenters. The summed E-state index contributed by atoms with van der Waals surface area (Å²) < 4.78 is 55.4. The van der Waals surface area contributed by atoms with Crippen LogP contribution in [0.15, 0.2) is 136 Å². The summed E-state index contributed by atoms with van der Waals surface area (Å²) in [5.41, 5.74) is 2.48. The lowest BCUT2D eigenvalue weighted by Gasteiger charge is -2.26. The molecule has 7 rings (SSSR count). The number of rotatable bonds is 26. The van der Waals surface area contributed by atoms with Crippen molar-refractivity contribution in [2.75, 3.05) is 26.4 Å². The standard InChI is InChI=1S/C61H58N2O18S/c1-5-50(64)74-35-48(76-52(66)7-3)34-73-44-22-24-46(25-23-44)78-60(70)42-17-19-43(20-18-42)61(71)80-49-30-21-38(56-55(49)63-57(82-56)39-11-9-37(33-62)10-12-39)31-32-72-58(68)40-13-15-41(16-14-40)59(69)79-47-28-26-45(27-29-47)77-54(81-53(67)8-4)36-75-51(65)6-2/h5-12,21-30,40-43,48,54H,1-4,13-20,31-32,34-36H2/t40?,41?,42?,43?,48?,54-/m1/s1. The molecule has 0 bridgehead atoms. The van der Waals surface area contributed by atoms with E-state index in [-0.39, 0.29) is 48.8 Å². The average molecular weight is 1140 g/mol. The lowest BCUT2D eigenvalue weighted by molar-refractivity contribution is -0.170. The molecule has 5 aromatic rings. The Morgan fingerprint density at radius 1 is 0.549 bits per heavy atom. The van der Waals surface area contributed by atoms with Gasteiger partial charge in [0.05, 0.1) is 46.6 Å². The molecule has 20 nitrogen and oxygen atoms in total. The van der Waals surface area contributed by atoms with Crippen LogP contribution in [0.3, 0.4) is 0 Å². The molecule has 0 amide bonds. The second-order valence-corrected chi connectivity index (χ2v) is 19.8. The first-order valence-corrected chi connectivity index (χ1v) is 27.0. The van der Waals surface area contributed by atoms with E-state index in [0.29, 0.717) is 79.6 Å². The van der Waals surface area contributed by atoms with Crippen LogP contribution >= 0.6 is 11.3 Å². The summed E-state index contributed by atoms with van der Waals surface area (Å²) in [5, 5.41) is 10.0. The van der Waals surface area contributed by atoms with Crippen molar-refractivity contribution in [2.45, 2.75) is 70.2 Å². The molecule has 2 saturated carbocycles. The normalized spacial score (nSPS) is 17.1. The minimum absolute atomic E-state index is 0.0522. The van der Waals surface area contributed by atoms with Crippen LogP contribution in [0.1, 0.15) is 62.5 Å². The van der Waals surface area contributed by atoms with E-state index in [1.807, 2.05) is 6.07 Å². The van der Waals surface area contributed by atoms with Gasteiger partial charge in [0.15, 0.2) is 18.5 Å². The van der Waals surface area contributed by atoms with Gasteiger partial charge in [-0.2, -0.15) is 5.26 Å². The van der Waals surface area contributed by atoms with Crippen molar-refractivity contribution in [3.63, 3.8) is 0 Å². The summed E-state index contributed by atoms with van der Waals surface area (Å²) >= 11 is 1.37. The quantitative estimate of drug-likeness (QED) is 0.0164. The summed E-state index contributed by atoms with van der Waals surface area (Å²) in [7, 11) is 0. The number of thiazole rings is 1. The number of ether oxygens (including phenoxy) is 10. The minimum Gasteiger partial charge on any atom is -0.490 e. The van der Waals surface area contributed by atoms with E-state index in [4.69, 9.17) is 52.4 Å². The Bertz CT molecular complexity index is 3200. The number of nitrogens with zero attached hydrogens (tertiary/aromatic N) is 2. The number of carbonyl (C=O) groups excluding carboxylic acids is 8. The Kier molecular flexibility index (Phi) is 21.8. The predicted molar refractivity (Wildman–Crippen MR) is 294 cm³/mol. The Labute approximate surface area is 475 Å². The molecule has 0 spiro atoms. The zero-order valence-electron chi connectivity index (χ0n) is 44.5. The monoisotopic (exact) mass is 1140 g/mol. The molecule has 4 aromatic carbocycles.